The summed E-state index contributed by atoms with van der Waals surface area (Å²) in [7, 11) is 0. The van der Waals surface area contributed by atoms with Gasteiger partial charge in [-0.05, 0) is 28.4 Å². The number of aryl methyl sites for hydroxylation is 1. The van der Waals surface area contributed by atoms with Crippen molar-refractivity contribution in [1.82, 2.24) is 0 Å². The van der Waals surface area contributed by atoms with E-state index in [2.05, 4.69) is 113 Å². The molecule has 0 aliphatic heterocycles. The molecular weight excluding hydrogens is 643 g/mol. The normalized spacial score (nSPS) is 11.5. The first-order valence-electron chi connectivity index (χ1n) is 14.2. The Morgan fingerprint density at radius 3 is 1.72 bits per heavy atom. The van der Waals surface area contributed by atoms with Gasteiger partial charge in [-0.15, -0.1) is 42.4 Å². The van der Waals surface area contributed by atoms with Gasteiger partial charge in [0.25, 0.3) is 0 Å². The van der Waals surface area contributed by atoms with Gasteiger partial charge in [-0.2, -0.15) is 102 Å². The van der Waals surface area contributed by atoms with Gasteiger partial charge in [0.2, 0.25) is 0 Å². The van der Waals surface area contributed by atoms with Gasteiger partial charge in [-0.1, -0.05) is 72.2 Å². The maximum atomic E-state index is 3.67. The van der Waals surface area contributed by atoms with E-state index < -0.39 is 0 Å². The molecule has 6 rings (SSSR count). The topological polar surface area (TPSA) is 0 Å². The summed E-state index contributed by atoms with van der Waals surface area (Å²) >= 11 is 1.30. The third-order valence-corrected chi connectivity index (χ3v) is 6.54. The molecule has 0 atom stereocenters. The average Bonchev–Trinajstić information content (AvgIpc) is 3.67. The van der Waals surface area contributed by atoms with E-state index >= 15 is 0 Å². The van der Waals surface area contributed by atoms with Gasteiger partial charge >= 0.3 is 28.4 Å². The SMILES string of the molecule is CC(C)(C)c1[c-]c2c(cc1)-c1ccc(C(C)(C)C)cc1C2.Cc1cc[c-]cc1.Cl.Cl.[C-]1=CC=CC1.[CH2]=[Zr].[c-]1ccccc1. The van der Waals surface area contributed by atoms with E-state index in [-0.39, 0.29) is 35.6 Å². The smallest absolute Gasteiger partial charge is 0.171 e. The van der Waals surface area contributed by atoms with Crippen molar-refractivity contribution in [3.8, 4) is 11.1 Å². The van der Waals surface area contributed by atoms with E-state index in [9.17, 15) is 0 Å². The molecule has 0 bridgehead atoms. The Balaban J connectivity index is 0.000000654. The van der Waals surface area contributed by atoms with Gasteiger partial charge in [-0.25, -0.2) is 12.2 Å². The monoisotopic (exact) mass is 686 g/mol. The fourth-order valence-electron chi connectivity index (χ4n) is 4.18. The molecule has 0 amide bonds. The van der Waals surface area contributed by atoms with Crippen LogP contribution in [0.4, 0.5) is 0 Å². The van der Waals surface area contributed by atoms with Gasteiger partial charge in [0.1, 0.15) is 0 Å². The van der Waals surface area contributed by atoms with Crippen molar-refractivity contribution < 1.29 is 24.2 Å². The van der Waals surface area contributed by atoms with Gasteiger partial charge in [-0.3, -0.25) is 6.08 Å². The summed E-state index contributed by atoms with van der Waals surface area (Å²) in [5.74, 6) is 0. The van der Waals surface area contributed by atoms with Crippen LogP contribution in [0.2, 0.25) is 0 Å². The Bertz CT molecular complexity index is 1280. The van der Waals surface area contributed by atoms with Crippen LogP contribution in [0.3, 0.4) is 0 Å². The second kappa shape index (κ2) is 20.6. The fraction of sp³-hybridized carbons (Fsp3) is 0.275. The minimum absolute atomic E-state index is 0. The predicted octanol–water partition coefficient (Wildman–Crippen LogP) is 11.0. The Morgan fingerprint density at radius 1 is 0.721 bits per heavy atom. The molecular formula is C40H46Cl2Zr-4. The molecule has 0 spiro atoms. The number of hydrogen-bond donors (Lipinski definition) is 0. The van der Waals surface area contributed by atoms with Crippen molar-refractivity contribution in [3.05, 3.63) is 155 Å². The molecule has 0 N–H and O–H groups in total. The molecule has 0 saturated carbocycles. The number of allylic oxidation sites excluding steroid dienone is 4. The molecule has 0 unspecified atom stereocenters. The van der Waals surface area contributed by atoms with E-state index in [4.69, 9.17) is 0 Å². The standard InChI is InChI=1S/C21H25.C7H7.C6H5.C5H5.CH2.2ClH.Zr/c1-20(2,3)16-7-9-18-14(12-16)11-15-13-17(21(4,5)6)8-10-19(15)18;1-7-5-3-2-4-6-7;1-2-4-6-5-3-1;1-2-4-5-3-1;;;;/h7-10,12H,11H2,1-6H3;3-6H,1H3;1-5H;1-3H,4H2;1H2;2*1H;/q4*-1;;;;. The number of hydrogen-bond acceptors (Lipinski definition) is 0. The molecule has 0 aromatic heterocycles. The molecule has 2 aliphatic carbocycles. The van der Waals surface area contributed by atoms with Crippen molar-refractivity contribution in [2.75, 3.05) is 0 Å². The molecule has 0 saturated heterocycles. The largest absolute Gasteiger partial charge is 0.184 e. The van der Waals surface area contributed by atoms with Gasteiger partial charge < -0.3 is 0 Å². The fourth-order valence-corrected chi connectivity index (χ4v) is 4.18. The summed E-state index contributed by atoms with van der Waals surface area (Å²) in [4.78, 5) is 0. The Kier molecular flexibility index (Phi) is 19.5. The first-order chi connectivity index (χ1) is 19.6. The molecule has 0 heterocycles. The van der Waals surface area contributed by atoms with Crippen LogP contribution in [0.5, 0.6) is 0 Å². The minimum Gasteiger partial charge on any atom is -0.184 e. The second-order valence-corrected chi connectivity index (χ2v) is 12.0. The molecule has 3 heteroatoms. The van der Waals surface area contributed by atoms with Gasteiger partial charge in [0.05, 0.1) is 0 Å². The maximum Gasteiger partial charge on any atom is -0.171 e. The van der Waals surface area contributed by atoms with Crippen LogP contribution >= 0.6 is 24.8 Å². The molecule has 43 heavy (non-hydrogen) atoms. The van der Waals surface area contributed by atoms with E-state index in [0.29, 0.717) is 0 Å². The zero-order valence-electron chi connectivity index (χ0n) is 26.8. The van der Waals surface area contributed by atoms with E-state index in [1.807, 2.05) is 66.7 Å². The minimum atomic E-state index is 0. The molecule has 0 radical (unpaired) electrons. The molecule has 228 valence electrons. The van der Waals surface area contributed by atoms with Crippen molar-refractivity contribution >= 4 is 29.0 Å². The number of benzene rings is 4. The molecule has 0 fully saturated rings. The molecule has 2 aliphatic rings. The van der Waals surface area contributed by atoms with E-state index in [1.165, 1.54) is 63.2 Å². The number of rotatable bonds is 0. The first kappa shape index (κ1) is 40.7. The van der Waals surface area contributed by atoms with Crippen LogP contribution in [0.25, 0.3) is 11.1 Å². The second-order valence-electron chi connectivity index (χ2n) is 12.0. The van der Waals surface area contributed by atoms with Crippen LogP contribution in [0.15, 0.2) is 103 Å². The van der Waals surface area contributed by atoms with Crippen molar-refractivity contribution in [2.45, 2.75) is 72.1 Å². The summed E-state index contributed by atoms with van der Waals surface area (Å²) < 4.78 is 3.34. The van der Waals surface area contributed by atoms with Crippen LogP contribution in [-0.4, -0.2) is 4.21 Å². The summed E-state index contributed by atoms with van der Waals surface area (Å²) in [6.45, 7) is 15.7. The van der Waals surface area contributed by atoms with Crippen LogP contribution in [0, 0.1) is 31.2 Å². The maximum absolute atomic E-state index is 3.67. The molecule has 0 nitrogen and oxygen atoms in total. The summed E-state index contributed by atoms with van der Waals surface area (Å²) in [5.41, 5.74) is 10.00. The summed E-state index contributed by atoms with van der Waals surface area (Å²) in [6.07, 6.45) is 11.0. The predicted molar refractivity (Wildman–Crippen MR) is 189 cm³/mol. The average molecular weight is 689 g/mol. The van der Waals surface area contributed by atoms with Crippen LogP contribution < -0.4 is 0 Å². The summed E-state index contributed by atoms with van der Waals surface area (Å²) in [6, 6.07) is 38.5. The molecule has 4 aromatic carbocycles. The van der Waals surface area contributed by atoms with E-state index in [0.717, 1.165) is 12.8 Å². The van der Waals surface area contributed by atoms with Crippen molar-refractivity contribution in [1.29, 1.82) is 0 Å². The number of fused-ring (bicyclic) bond motifs is 3. The molecule has 4 aromatic rings. The summed E-state index contributed by atoms with van der Waals surface area (Å²) in [5, 5.41) is 0. The van der Waals surface area contributed by atoms with Crippen molar-refractivity contribution in [3.63, 3.8) is 0 Å². The zero-order valence-corrected chi connectivity index (χ0v) is 30.8. The zero-order chi connectivity index (χ0) is 30.3. The van der Waals surface area contributed by atoms with Gasteiger partial charge in [0.15, 0.2) is 0 Å². The quantitative estimate of drug-likeness (QED) is 0.142. The first-order valence-corrected chi connectivity index (χ1v) is 15.9. The third-order valence-electron chi connectivity index (χ3n) is 6.54. The van der Waals surface area contributed by atoms with Crippen molar-refractivity contribution in [2.24, 2.45) is 0 Å². The number of halogens is 2. The Morgan fingerprint density at radius 2 is 1.33 bits per heavy atom. The Labute approximate surface area is 289 Å². The van der Waals surface area contributed by atoms with Crippen LogP contribution in [0.1, 0.15) is 75.8 Å². The Hall–Kier alpha value is -2.31. The van der Waals surface area contributed by atoms with Gasteiger partial charge in [0, 0.05) is 0 Å². The van der Waals surface area contributed by atoms with E-state index in [1.54, 1.807) is 0 Å². The third kappa shape index (κ3) is 14.3. The van der Waals surface area contributed by atoms with Crippen LogP contribution in [-0.2, 0) is 41.5 Å².